The number of benzene rings is 1. The highest BCUT2D eigenvalue weighted by Gasteiger charge is 2.48. The van der Waals surface area contributed by atoms with Crippen molar-refractivity contribution in [3.63, 3.8) is 0 Å². The van der Waals surface area contributed by atoms with Gasteiger partial charge in [0.25, 0.3) is 0 Å². The van der Waals surface area contributed by atoms with E-state index in [1.807, 2.05) is 0 Å². The van der Waals surface area contributed by atoms with Gasteiger partial charge in [-0.25, -0.2) is 0 Å². The highest BCUT2D eigenvalue weighted by molar-refractivity contribution is 6.91. The number of rotatable bonds is 4. The molecule has 1 aliphatic carbocycles. The number of hydrogen-bond acceptors (Lipinski definition) is 0. The summed E-state index contributed by atoms with van der Waals surface area (Å²) in [5.41, 5.74) is 1.06. The lowest BCUT2D eigenvalue weighted by Gasteiger charge is -2.23. The van der Waals surface area contributed by atoms with Crippen molar-refractivity contribution in [2.45, 2.75) is 44.8 Å². The van der Waals surface area contributed by atoms with E-state index in [0.29, 0.717) is 0 Å². The molecule has 0 bridgehead atoms. The van der Waals surface area contributed by atoms with Crippen LogP contribution in [0.5, 0.6) is 0 Å². The lowest BCUT2D eigenvalue weighted by Crippen LogP contribution is -2.42. The molecular weight excluding hydrogens is 196 g/mol. The van der Waals surface area contributed by atoms with Crippen LogP contribution in [-0.2, 0) is 0 Å². The molecule has 15 heavy (non-hydrogen) atoms. The summed E-state index contributed by atoms with van der Waals surface area (Å²) in [6.07, 6.45) is 4.32. The third-order valence-corrected chi connectivity index (χ3v) is 8.41. The molecule has 2 rings (SSSR count). The minimum Gasteiger partial charge on any atom is -0.0654 e. The fourth-order valence-electron chi connectivity index (χ4n) is 2.90. The van der Waals surface area contributed by atoms with Crippen LogP contribution in [0.2, 0.25) is 18.6 Å². The Morgan fingerprint density at radius 3 is 2.47 bits per heavy atom. The molecule has 0 amide bonds. The van der Waals surface area contributed by atoms with Crippen molar-refractivity contribution in [2.75, 3.05) is 0 Å². The molecule has 1 aliphatic rings. The summed E-state index contributed by atoms with van der Waals surface area (Å²) < 4.78 is 0. The summed E-state index contributed by atoms with van der Waals surface area (Å²) >= 11 is 0. The first-order chi connectivity index (χ1) is 7.16. The molecule has 0 saturated heterocycles. The van der Waals surface area contributed by atoms with E-state index in [2.05, 4.69) is 50.3 Å². The fraction of sp³-hybridized carbons (Fsp3) is 0.571. The van der Waals surface area contributed by atoms with Crippen LogP contribution < -0.4 is 5.19 Å². The van der Waals surface area contributed by atoms with Gasteiger partial charge in [0.05, 0.1) is 8.07 Å². The van der Waals surface area contributed by atoms with Gasteiger partial charge in [0, 0.05) is 0 Å². The second-order valence-electron chi connectivity index (χ2n) is 5.48. The minimum atomic E-state index is -1.15. The van der Waals surface area contributed by atoms with Gasteiger partial charge in [-0.2, -0.15) is 0 Å². The summed E-state index contributed by atoms with van der Waals surface area (Å²) in [5.74, 6) is 1.05. The molecule has 82 valence electrons. The first-order valence-corrected chi connectivity index (χ1v) is 9.29. The van der Waals surface area contributed by atoms with Crippen LogP contribution in [0, 0.1) is 5.92 Å². The van der Waals surface area contributed by atoms with E-state index in [0.717, 1.165) is 11.5 Å². The molecule has 0 heterocycles. The molecule has 1 aromatic carbocycles. The fourth-order valence-corrected chi connectivity index (χ4v) is 6.62. The maximum Gasteiger partial charge on any atom is 0.0839 e. The smallest absolute Gasteiger partial charge is 0.0654 e. The molecule has 1 heteroatoms. The van der Waals surface area contributed by atoms with Crippen LogP contribution >= 0.6 is 0 Å². The van der Waals surface area contributed by atoms with E-state index in [-0.39, 0.29) is 0 Å². The molecule has 2 atom stereocenters. The van der Waals surface area contributed by atoms with E-state index in [1.165, 1.54) is 19.3 Å². The molecule has 0 nitrogen and oxygen atoms in total. The molecular formula is C14H22Si. The molecule has 0 aliphatic heterocycles. The topological polar surface area (TPSA) is 0 Å². The van der Waals surface area contributed by atoms with Crippen molar-refractivity contribution < 1.29 is 0 Å². The lowest BCUT2D eigenvalue weighted by atomic mass is 10.2. The highest BCUT2D eigenvalue weighted by Crippen LogP contribution is 2.53. The van der Waals surface area contributed by atoms with Gasteiger partial charge in [0.2, 0.25) is 0 Å². The van der Waals surface area contributed by atoms with Gasteiger partial charge in [-0.3, -0.25) is 0 Å². The predicted octanol–water partition coefficient (Wildman–Crippen LogP) is 3.79. The van der Waals surface area contributed by atoms with Gasteiger partial charge >= 0.3 is 0 Å². The Bertz CT molecular complexity index is 315. The van der Waals surface area contributed by atoms with Crippen LogP contribution in [0.4, 0.5) is 0 Å². The van der Waals surface area contributed by atoms with Gasteiger partial charge in [0.15, 0.2) is 0 Å². The van der Waals surface area contributed by atoms with E-state index in [4.69, 9.17) is 0 Å². The molecule has 0 radical (unpaired) electrons. The molecule has 1 saturated carbocycles. The maximum absolute atomic E-state index is 2.54. The summed E-state index contributed by atoms with van der Waals surface area (Å²) in [6, 6.07) is 11.2. The average Bonchev–Trinajstić information content (AvgIpc) is 3.00. The zero-order chi connectivity index (χ0) is 10.9. The van der Waals surface area contributed by atoms with Crippen molar-refractivity contribution in [1.29, 1.82) is 0 Å². The summed E-state index contributed by atoms with van der Waals surface area (Å²) in [4.78, 5) is 0. The lowest BCUT2D eigenvalue weighted by molar-refractivity contribution is 0.704. The zero-order valence-corrected chi connectivity index (χ0v) is 11.2. The third-order valence-electron chi connectivity index (χ3n) is 4.03. The second-order valence-corrected chi connectivity index (χ2v) is 10.2. The molecule has 1 aromatic rings. The molecule has 2 unspecified atom stereocenters. The van der Waals surface area contributed by atoms with Crippen LogP contribution in [0.15, 0.2) is 30.3 Å². The monoisotopic (exact) mass is 218 g/mol. The number of hydrogen-bond donors (Lipinski definition) is 0. The van der Waals surface area contributed by atoms with Crippen molar-refractivity contribution in [3.8, 4) is 0 Å². The van der Waals surface area contributed by atoms with E-state index < -0.39 is 8.07 Å². The SMILES string of the molecule is CCCC1CC1[Si](C)(C)c1ccccc1. The normalized spacial score (nSPS) is 25.3. The summed E-state index contributed by atoms with van der Waals surface area (Å²) in [6.45, 7) is 7.40. The van der Waals surface area contributed by atoms with Gasteiger partial charge < -0.3 is 0 Å². The van der Waals surface area contributed by atoms with E-state index in [9.17, 15) is 0 Å². The Labute approximate surface area is 94.7 Å². The van der Waals surface area contributed by atoms with Crippen LogP contribution in [0.1, 0.15) is 26.2 Å². The Balaban J connectivity index is 2.09. The largest absolute Gasteiger partial charge is 0.0839 e. The molecule has 0 N–H and O–H groups in total. The van der Waals surface area contributed by atoms with Crippen molar-refractivity contribution in [3.05, 3.63) is 30.3 Å². The molecule has 1 fully saturated rings. The Morgan fingerprint density at radius 1 is 1.20 bits per heavy atom. The quantitative estimate of drug-likeness (QED) is 0.675. The average molecular weight is 218 g/mol. The van der Waals surface area contributed by atoms with Crippen molar-refractivity contribution >= 4 is 13.3 Å². The van der Waals surface area contributed by atoms with Crippen LogP contribution in [0.25, 0.3) is 0 Å². The molecule has 0 spiro atoms. The summed E-state index contributed by atoms with van der Waals surface area (Å²) in [7, 11) is -1.15. The van der Waals surface area contributed by atoms with Gasteiger partial charge in [-0.15, -0.1) is 0 Å². The van der Waals surface area contributed by atoms with Gasteiger partial charge in [-0.1, -0.05) is 68.4 Å². The van der Waals surface area contributed by atoms with E-state index >= 15 is 0 Å². The minimum absolute atomic E-state index is 1.05. The standard InChI is InChI=1S/C14H22Si/c1-4-8-12-11-14(12)15(2,3)13-9-6-5-7-10-13/h5-7,9-10,12,14H,4,8,11H2,1-3H3. The predicted molar refractivity (Wildman–Crippen MR) is 70.3 cm³/mol. The molecule has 0 aromatic heterocycles. The zero-order valence-electron chi connectivity index (χ0n) is 10.2. The third kappa shape index (κ3) is 2.17. The Morgan fingerprint density at radius 2 is 1.87 bits per heavy atom. The van der Waals surface area contributed by atoms with Crippen molar-refractivity contribution in [1.82, 2.24) is 0 Å². The van der Waals surface area contributed by atoms with Crippen LogP contribution in [-0.4, -0.2) is 8.07 Å². The van der Waals surface area contributed by atoms with E-state index in [1.54, 1.807) is 5.19 Å². The maximum atomic E-state index is 2.54. The van der Waals surface area contributed by atoms with Gasteiger partial charge in [-0.05, 0) is 17.9 Å². The van der Waals surface area contributed by atoms with Crippen LogP contribution in [0.3, 0.4) is 0 Å². The first-order valence-electron chi connectivity index (χ1n) is 6.21. The highest BCUT2D eigenvalue weighted by atomic mass is 28.3. The van der Waals surface area contributed by atoms with Gasteiger partial charge in [0.1, 0.15) is 0 Å². The first kappa shape index (κ1) is 10.9. The second kappa shape index (κ2) is 4.13. The van der Waals surface area contributed by atoms with Crippen molar-refractivity contribution in [2.24, 2.45) is 5.92 Å². The summed E-state index contributed by atoms with van der Waals surface area (Å²) in [5, 5.41) is 1.65. The Kier molecular flexibility index (Phi) is 3.01. The Hall–Kier alpha value is -0.563.